The minimum atomic E-state index is -1.24. The van der Waals surface area contributed by atoms with Crippen molar-refractivity contribution in [1.29, 1.82) is 0 Å². The molecule has 2 aliphatic rings. The molecule has 1 aromatic carbocycles. The monoisotopic (exact) mass is 385 g/mol. The molecule has 3 N–H and O–H groups in total. The summed E-state index contributed by atoms with van der Waals surface area (Å²) in [6.45, 7) is 3.81. The predicted octanol–water partition coefficient (Wildman–Crippen LogP) is 1.59. The number of ether oxygens (including phenoxy) is 1. The van der Waals surface area contributed by atoms with Gasteiger partial charge in [0.1, 0.15) is 5.82 Å². The molecule has 2 heterocycles. The van der Waals surface area contributed by atoms with Crippen LogP contribution >= 0.6 is 0 Å². The van der Waals surface area contributed by atoms with E-state index in [2.05, 4.69) is 5.32 Å². The second-order valence-corrected chi connectivity index (χ2v) is 7.47. The molecule has 2 unspecified atom stereocenters. The van der Waals surface area contributed by atoms with Gasteiger partial charge in [-0.25, -0.2) is 13.2 Å². The van der Waals surface area contributed by atoms with E-state index in [1.165, 1.54) is 0 Å². The molecule has 3 rings (SSSR count). The summed E-state index contributed by atoms with van der Waals surface area (Å²) < 4.78 is 45.8. The van der Waals surface area contributed by atoms with Crippen LogP contribution in [-0.2, 0) is 16.0 Å². The molecule has 0 radical (unpaired) electrons. The molecule has 2 saturated heterocycles. The number of amides is 1. The zero-order chi connectivity index (χ0) is 19.4. The van der Waals surface area contributed by atoms with Gasteiger partial charge >= 0.3 is 0 Å². The van der Waals surface area contributed by atoms with Crippen molar-refractivity contribution in [3.63, 3.8) is 0 Å². The third kappa shape index (κ3) is 5.21. The van der Waals surface area contributed by atoms with E-state index in [9.17, 15) is 18.0 Å². The number of hydrogen-bond acceptors (Lipinski definition) is 4. The number of carbonyl (C=O) groups excluding carboxylic acids is 1. The highest BCUT2D eigenvalue weighted by Gasteiger charge is 2.30. The van der Waals surface area contributed by atoms with E-state index >= 15 is 0 Å². The van der Waals surface area contributed by atoms with E-state index in [0.717, 1.165) is 32.0 Å². The van der Waals surface area contributed by atoms with E-state index in [1.54, 1.807) is 4.90 Å². The first-order chi connectivity index (χ1) is 12.9. The van der Waals surface area contributed by atoms with Crippen LogP contribution < -0.4 is 11.1 Å². The Morgan fingerprint density at radius 1 is 1.22 bits per heavy atom. The zero-order valence-electron chi connectivity index (χ0n) is 15.2. The van der Waals surface area contributed by atoms with Gasteiger partial charge in [-0.1, -0.05) is 0 Å². The number of rotatable bonds is 8. The minimum Gasteiger partial charge on any atom is -0.379 e. The molecule has 2 atom stereocenters. The number of nitrogens with zero attached hydrogens (tertiary/aromatic N) is 1. The summed E-state index contributed by atoms with van der Waals surface area (Å²) >= 11 is 0. The lowest BCUT2D eigenvalue weighted by atomic mass is 10.0. The van der Waals surface area contributed by atoms with Gasteiger partial charge in [0.2, 0.25) is 5.91 Å². The molecule has 2 aliphatic heterocycles. The molecule has 8 heteroatoms. The molecule has 2 fully saturated rings. The molecule has 150 valence electrons. The molecule has 0 spiro atoms. The number of likely N-dealkylation sites (tertiary alicyclic amines) is 1. The van der Waals surface area contributed by atoms with Gasteiger partial charge in [0.05, 0.1) is 19.3 Å². The third-order valence-electron chi connectivity index (χ3n) is 5.24. The fraction of sp³-hybridized carbons (Fsp3) is 0.632. The maximum atomic E-state index is 13.8. The summed E-state index contributed by atoms with van der Waals surface area (Å²) in [4.78, 5) is 14.4. The van der Waals surface area contributed by atoms with Crippen LogP contribution in [0.15, 0.2) is 12.1 Å². The molecule has 27 heavy (non-hydrogen) atoms. The van der Waals surface area contributed by atoms with Crippen molar-refractivity contribution in [3.05, 3.63) is 35.1 Å². The van der Waals surface area contributed by atoms with Crippen molar-refractivity contribution >= 4 is 5.91 Å². The van der Waals surface area contributed by atoms with Gasteiger partial charge in [-0.15, -0.1) is 0 Å². The second-order valence-electron chi connectivity index (χ2n) is 7.47. The average Bonchev–Trinajstić information content (AvgIpc) is 3.03. The topological polar surface area (TPSA) is 67.6 Å². The summed E-state index contributed by atoms with van der Waals surface area (Å²) in [5.74, 6) is -2.77. The van der Waals surface area contributed by atoms with Crippen LogP contribution in [-0.4, -0.2) is 55.7 Å². The molecule has 0 bridgehead atoms. The Morgan fingerprint density at radius 2 is 1.96 bits per heavy atom. The molecule has 0 aliphatic carbocycles. The van der Waals surface area contributed by atoms with Crippen molar-refractivity contribution in [2.45, 2.75) is 37.8 Å². The Labute approximate surface area is 157 Å². The third-order valence-corrected chi connectivity index (χ3v) is 5.24. The van der Waals surface area contributed by atoms with Crippen LogP contribution in [0, 0.1) is 23.4 Å². The first-order valence-electron chi connectivity index (χ1n) is 9.41. The smallest absolute Gasteiger partial charge is 0.224 e. The quantitative estimate of drug-likeness (QED) is 0.667. The Kier molecular flexibility index (Phi) is 6.73. The maximum absolute atomic E-state index is 13.8. The molecule has 0 saturated carbocycles. The van der Waals surface area contributed by atoms with Crippen LogP contribution in [0.25, 0.3) is 0 Å². The lowest BCUT2D eigenvalue weighted by Crippen LogP contribution is -2.45. The van der Waals surface area contributed by atoms with Gasteiger partial charge in [-0.2, -0.15) is 0 Å². The number of nitrogens with two attached hydrogens (primary N) is 1. The predicted molar refractivity (Wildman–Crippen MR) is 94.5 cm³/mol. The van der Waals surface area contributed by atoms with Crippen LogP contribution in [0.4, 0.5) is 13.2 Å². The van der Waals surface area contributed by atoms with Gasteiger partial charge in [0.25, 0.3) is 0 Å². The van der Waals surface area contributed by atoms with Crippen molar-refractivity contribution in [1.82, 2.24) is 10.2 Å². The minimum absolute atomic E-state index is 0.0235. The lowest BCUT2D eigenvalue weighted by molar-refractivity contribution is -0.133. The number of benzene rings is 1. The fourth-order valence-corrected chi connectivity index (χ4v) is 3.59. The summed E-state index contributed by atoms with van der Waals surface area (Å²) in [6.07, 6.45) is 1.80. The molecule has 1 aromatic rings. The fourth-order valence-electron chi connectivity index (χ4n) is 3.59. The van der Waals surface area contributed by atoms with Gasteiger partial charge in [-0.3, -0.25) is 4.79 Å². The van der Waals surface area contributed by atoms with Crippen LogP contribution in [0.1, 0.15) is 24.8 Å². The number of hydrogen-bond donors (Lipinski definition) is 2. The second kappa shape index (κ2) is 9.03. The van der Waals surface area contributed by atoms with E-state index in [1.807, 2.05) is 0 Å². The summed E-state index contributed by atoms with van der Waals surface area (Å²) in [7, 11) is 0. The Balaban J connectivity index is 1.48. The largest absolute Gasteiger partial charge is 0.379 e. The highest BCUT2D eigenvalue weighted by atomic mass is 19.2. The summed E-state index contributed by atoms with van der Waals surface area (Å²) in [6, 6.07) is 0.680. The van der Waals surface area contributed by atoms with Gasteiger partial charge in [-0.05, 0) is 30.9 Å². The molecule has 0 aromatic heterocycles. The number of carbonyl (C=O) groups is 1. The Hall–Kier alpha value is -1.64. The normalized spacial score (nSPS) is 21.3. The highest BCUT2D eigenvalue weighted by Crippen LogP contribution is 2.21. The SMILES string of the molecule is NC(CC(=O)N1CCCC1COCC1CNC1)Cc1cc(F)c(F)cc1F. The van der Waals surface area contributed by atoms with Gasteiger partial charge in [0, 0.05) is 44.1 Å². The van der Waals surface area contributed by atoms with Crippen molar-refractivity contribution in [3.8, 4) is 0 Å². The zero-order valence-corrected chi connectivity index (χ0v) is 15.2. The summed E-state index contributed by atoms with van der Waals surface area (Å²) in [5.41, 5.74) is 5.95. The van der Waals surface area contributed by atoms with Gasteiger partial charge in [0.15, 0.2) is 11.6 Å². The van der Waals surface area contributed by atoms with E-state index < -0.39 is 23.5 Å². The average molecular weight is 385 g/mol. The van der Waals surface area contributed by atoms with Gasteiger partial charge < -0.3 is 20.7 Å². The lowest BCUT2D eigenvalue weighted by Gasteiger charge is -2.29. The van der Waals surface area contributed by atoms with Crippen molar-refractivity contribution in [2.75, 3.05) is 32.8 Å². The van der Waals surface area contributed by atoms with Crippen LogP contribution in [0.2, 0.25) is 0 Å². The first kappa shape index (κ1) is 20.1. The van der Waals surface area contributed by atoms with Crippen molar-refractivity contribution in [2.24, 2.45) is 11.7 Å². The molecule has 1 amide bonds. The van der Waals surface area contributed by atoms with E-state index in [4.69, 9.17) is 10.5 Å². The van der Waals surface area contributed by atoms with E-state index in [0.29, 0.717) is 31.7 Å². The Bertz CT molecular complexity index is 670. The molecular formula is C19H26F3N3O2. The van der Waals surface area contributed by atoms with Crippen LogP contribution in [0.5, 0.6) is 0 Å². The number of halogens is 3. The Morgan fingerprint density at radius 3 is 2.67 bits per heavy atom. The van der Waals surface area contributed by atoms with Crippen LogP contribution in [0.3, 0.4) is 0 Å². The summed E-state index contributed by atoms with van der Waals surface area (Å²) in [5, 5.41) is 3.19. The standard InChI is InChI=1S/C19H26F3N3O2/c20-16-7-18(22)17(21)5-13(16)4-14(23)6-19(26)25-3-1-2-15(25)11-27-10-12-8-24-9-12/h5,7,12,14-15,24H,1-4,6,8-11,23H2. The highest BCUT2D eigenvalue weighted by molar-refractivity contribution is 5.77. The van der Waals surface area contributed by atoms with Crippen molar-refractivity contribution < 1.29 is 22.7 Å². The first-order valence-corrected chi connectivity index (χ1v) is 9.41. The maximum Gasteiger partial charge on any atom is 0.224 e. The molecule has 5 nitrogen and oxygen atoms in total. The molecular weight excluding hydrogens is 359 g/mol. The van der Waals surface area contributed by atoms with E-state index in [-0.39, 0.29) is 30.4 Å². The number of nitrogens with one attached hydrogen (secondary N) is 1.